The van der Waals surface area contributed by atoms with Crippen molar-refractivity contribution in [1.82, 2.24) is 5.32 Å². The molecular formula is C11H23ClN2O2. The molecule has 0 radical (unpaired) electrons. The van der Waals surface area contributed by atoms with Crippen molar-refractivity contribution in [1.29, 1.82) is 0 Å². The van der Waals surface area contributed by atoms with Gasteiger partial charge < -0.3 is 15.8 Å². The van der Waals surface area contributed by atoms with Crippen LogP contribution in [0.3, 0.4) is 0 Å². The molecule has 0 aromatic rings. The molecule has 1 atom stereocenters. The summed E-state index contributed by atoms with van der Waals surface area (Å²) in [5, 5.41) is 3.02. The summed E-state index contributed by atoms with van der Waals surface area (Å²) in [4.78, 5) is 11.7. The van der Waals surface area contributed by atoms with Gasteiger partial charge in [0, 0.05) is 19.7 Å². The fourth-order valence-electron chi connectivity index (χ4n) is 2.03. The summed E-state index contributed by atoms with van der Waals surface area (Å²) in [6, 6.07) is 0.323. The van der Waals surface area contributed by atoms with E-state index in [2.05, 4.69) is 5.32 Å². The van der Waals surface area contributed by atoms with Crippen molar-refractivity contribution in [3.05, 3.63) is 0 Å². The highest BCUT2D eigenvalue weighted by Crippen LogP contribution is 2.17. The van der Waals surface area contributed by atoms with Gasteiger partial charge in [-0.3, -0.25) is 4.79 Å². The number of nitrogens with one attached hydrogen (secondary N) is 1. The molecule has 0 aromatic heterocycles. The van der Waals surface area contributed by atoms with Crippen LogP contribution in [0.15, 0.2) is 0 Å². The molecule has 1 saturated carbocycles. The first-order valence-electron chi connectivity index (χ1n) is 5.81. The van der Waals surface area contributed by atoms with E-state index >= 15 is 0 Å². The summed E-state index contributed by atoms with van der Waals surface area (Å²) in [5.41, 5.74) is 5.43. The highest BCUT2D eigenvalue weighted by atomic mass is 35.5. The second-order valence-electron chi connectivity index (χ2n) is 4.16. The Morgan fingerprint density at radius 3 is 2.38 bits per heavy atom. The van der Waals surface area contributed by atoms with E-state index in [4.69, 9.17) is 10.5 Å². The van der Waals surface area contributed by atoms with Gasteiger partial charge in [-0.05, 0) is 12.8 Å². The highest BCUT2D eigenvalue weighted by Gasteiger charge is 2.20. The minimum atomic E-state index is -0.492. The first-order chi connectivity index (χ1) is 7.27. The van der Waals surface area contributed by atoms with Crippen molar-refractivity contribution in [2.45, 2.75) is 50.7 Å². The Balaban J connectivity index is 0.00000225. The van der Waals surface area contributed by atoms with Gasteiger partial charge >= 0.3 is 0 Å². The molecule has 0 spiro atoms. The van der Waals surface area contributed by atoms with Gasteiger partial charge in [0.25, 0.3) is 5.91 Å². The van der Waals surface area contributed by atoms with E-state index in [0.29, 0.717) is 6.04 Å². The number of ether oxygens (including phenoxy) is 1. The number of methoxy groups -OCH3 is 1. The number of nitrogens with two attached hydrogens (primary N) is 1. The van der Waals surface area contributed by atoms with Gasteiger partial charge in [0.05, 0.1) is 0 Å². The molecule has 1 aliphatic rings. The molecule has 0 aromatic carbocycles. The topological polar surface area (TPSA) is 64.3 Å². The van der Waals surface area contributed by atoms with E-state index in [0.717, 1.165) is 12.8 Å². The number of amides is 1. The van der Waals surface area contributed by atoms with Crippen LogP contribution < -0.4 is 11.1 Å². The summed E-state index contributed by atoms with van der Waals surface area (Å²) in [6.07, 6.45) is 6.69. The van der Waals surface area contributed by atoms with E-state index < -0.39 is 6.10 Å². The zero-order valence-electron chi connectivity index (χ0n) is 9.91. The lowest BCUT2D eigenvalue weighted by Crippen LogP contribution is -2.45. The number of hydrogen-bond acceptors (Lipinski definition) is 3. The molecule has 16 heavy (non-hydrogen) atoms. The van der Waals surface area contributed by atoms with Crippen molar-refractivity contribution in [2.24, 2.45) is 5.73 Å². The maximum absolute atomic E-state index is 11.7. The smallest absolute Gasteiger partial charge is 0.250 e. The molecule has 0 bridgehead atoms. The minimum Gasteiger partial charge on any atom is -0.370 e. The average Bonchev–Trinajstić information content (AvgIpc) is 2.48. The fourth-order valence-corrected chi connectivity index (χ4v) is 2.03. The molecule has 0 heterocycles. The van der Waals surface area contributed by atoms with Gasteiger partial charge in [0.1, 0.15) is 6.10 Å². The predicted molar refractivity (Wildman–Crippen MR) is 66.7 cm³/mol. The Morgan fingerprint density at radius 1 is 1.38 bits per heavy atom. The molecular weight excluding hydrogens is 228 g/mol. The quantitative estimate of drug-likeness (QED) is 0.738. The predicted octanol–water partition coefficient (Wildman–Crippen LogP) is 1.22. The molecule has 3 N–H and O–H groups in total. The zero-order valence-corrected chi connectivity index (χ0v) is 10.7. The van der Waals surface area contributed by atoms with Crippen LogP contribution in [0.25, 0.3) is 0 Å². The average molecular weight is 251 g/mol. The first kappa shape index (κ1) is 15.7. The van der Waals surface area contributed by atoms with E-state index in [1.807, 2.05) is 0 Å². The van der Waals surface area contributed by atoms with Crippen LogP contribution in [0, 0.1) is 0 Å². The molecule has 5 heteroatoms. The Hall–Kier alpha value is -0.320. The SMILES string of the molecule is COC(CN)C(=O)NC1CCCCCC1.Cl. The minimum absolute atomic E-state index is 0. The largest absolute Gasteiger partial charge is 0.370 e. The number of halogens is 1. The molecule has 1 fully saturated rings. The van der Waals surface area contributed by atoms with Crippen LogP contribution in [-0.2, 0) is 9.53 Å². The van der Waals surface area contributed by atoms with Crippen LogP contribution in [0.4, 0.5) is 0 Å². The summed E-state index contributed by atoms with van der Waals surface area (Å²) in [6.45, 7) is 0.245. The molecule has 1 aliphatic carbocycles. The molecule has 96 valence electrons. The molecule has 4 nitrogen and oxygen atoms in total. The van der Waals surface area contributed by atoms with Crippen molar-refractivity contribution >= 4 is 18.3 Å². The lowest BCUT2D eigenvalue weighted by molar-refractivity contribution is -0.131. The highest BCUT2D eigenvalue weighted by molar-refractivity contribution is 5.85. The van der Waals surface area contributed by atoms with Crippen LogP contribution in [0.2, 0.25) is 0 Å². The Kier molecular flexibility index (Phi) is 8.61. The van der Waals surface area contributed by atoms with Crippen molar-refractivity contribution in [3.8, 4) is 0 Å². The number of hydrogen-bond donors (Lipinski definition) is 2. The monoisotopic (exact) mass is 250 g/mol. The second-order valence-corrected chi connectivity index (χ2v) is 4.16. The molecule has 1 unspecified atom stereocenters. The van der Waals surface area contributed by atoms with Crippen LogP contribution in [0.1, 0.15) is 38.5 Å². The molecule has 0 saturated heterocycles. The number of carbonyl (C=O) groups is 1. The van der Waals surface area contributed by atoms with Gasteiger partial charge in [-0.25, -0.2) is 0 Å². The fraction of sp³-hybridized carbons (Fsp3) is 0.909. The number of rotatable bonds is 4. The second kappa shape index (κ2) is 8.79. The Morgan fingerprint density at radius 2 is 1.94 bits per heavy atom. The molecule has 0 aliphatic heterocycles. The van der Waals surface area contributed by atoms with E-state index in [-0.39, 0.29) is 24.9 Å². The first-order valence-corrected chi connectivity index (χ1v) is 5.81. The van der Waals surface area contributed by atoms with Gasteiger partial charge in [-0.15, -0.1) is 12.4 Å². The summed E-state index contributed by atoms with van der Waals surface area (Å²) in [5.74, 6) is -0.0631. The normalized spacial score (nSPS) is 19.4. The Bertz CT molecular complexity index is 190. The van der Waals surface area contributed by atoms with Crippen molar-refractivity contribution in [3.63, 3.8) is 0 Å². The van der Waals surface area contributed by atoms with Crippen LogP contribution in [-0.4, -0.2) is 31.7 Å². The van der Waals surface area contributed by atoms with Gasteiger partial charge in [-0.2, -0.15) is 0 Å². The standard InChI is InChI=1S/C11H22N2O2.ClH/c1-15-10(8-12)11(14)13-9-6-4-2-3-5-7-9;/h9-10H,2-8,12H2,1H3,(H,13,14);1H. The summed E-state index contributed by atoms with van der Waals surface area (Å²) in [7, 11) is 1.52. The lowest BCUT2D eigenvalue weighted by atomic mass is 10.1. The molecule has 1 rings (SSSR count). The lowest BCUT2D eigenvalue weighted by Gasteiger charge is -2.19. The van der Waals surface area contributed by atoms with Crippen LogP contribution >= 0.6 is 12.4 Å². The third-order valence-corrected chi connectivity index (χ3v) is 2.99. The van der Waals surface area contributed by atoms with E-state index in [1.54, 1.807) is 0 Å². The van der Waals surface area contributed by atoms with Gasteiger partial charge in [0.15, 0.2) is 0 Å². The summed E-state index contributed by atoms with van der Waals surface area (Å²) >= 11 is 0. The van der Waals surface area contributed by atoms with E-state index in [1.165, 1.54) is 32.8 Å². The van der Waals surface area contributed by atoms with Gasteiger partial charge in [-0.1, -0.05) is 25.7 Å². The summed E-state index contributed by atoms with van der Waals surface area (Å²) < 4.78 is 5.00. The molecule has 1 amide bonds. The maximum atomic E-state index is 11.7. The Labute approximate surface area is 104 Å². The third-order valence-electron chi connectivity index (χ3n) is 2.99. The third kappa shape index (κ3) is 5.14. The zero-order chi connectivity index (χ0) is 11.1. The van der Waals surface area contributed by atoms with Crippen LogP contribution in [0.5, 0.6) is 0 Å². The van der Waals surface area contributed by atoms with E-state index in [9.17, 15) is 4.79 Å². The van der Waals surface area contributed by atoms with Crippen molar-refractivity contribution < 1.29 is 9.53 Å². The van der Waals surface area contributed by atoms with Gasteiger partial charge in [0.2, 0.25) is 0 Å². The number of carbonyl (C=O) groups excluding carboxylic acids is 1. The van der Waals surface area contributed by atoms with Crippen molar-refractivity contribution in [2.75, 3.05) is 13.7 Å². The maximum Gasteiger partial charge on any atom is 0.250 e.